The van der Waals surface area contributed by atoms with Crippen LogP contribution in [0.25, 0.3) is 0 Å². The first-order chi connectivity index (χ1) is 16.7. The van der Waals surface area contributed by atoms with Gasteiger partial charge < -0.3 is 15.4 Å². The summed E-state index contributed by atoms with van der Waals surface area (Å²) in [4.78, 5) is 64.6. The molecule has 3 aromatic rings. The molecule has 12 heteroatoms. The number of carbonyl (C=O) groups excluding carboxylic acids is 2. The van der Waals surface area contributed by atoms with Crippen molar-refractivity contribution in [2.24, 2.45) is 0 Å². The number of nitrogen functional groups attached to an aromatic ring is 1. The van der Waals surface area contributed by atoms with Crippen LogP contribution in [0, 0.1) is 10.1 Å². The standard InChI is InChI=1S/C23H23N5O7/c1-3-26(21(30)15-10-16(22(31)35-4-2)12-17(11-15)28(33)34)18-19(24)27(23(32)25-20(18)29)13-14-8-6-5-7-9-14/h5-12H,3-4,13,24H2,1-2H3,(H,25,29,32). The molecule has 12 nitrogen and oxygen atoms in total. The fourth-order valence-electron chi connectivity index (χ4n) is 3.49. The number of anilines is 2. The van der Waals surface area contributed by atoms with Crippen LogP contribution in [0.1, 0.15) is 40.1 Å². The quantitative estimate of drug-likeness (QED) is 0.279. The molecule has 1 heterocycles. The zero-order chi connectivity index (χ0) is 25.7. The molecular formula is C23H23N5O7. The molecule has 1 amide bonds. The van der Waals surface area contributed by atoms with Crippen LogP contribution in [-0.2, 0) is 11.3 Å². The number of hydrogen-bond donors (Lipinski definition) is 2. The van der Waals surface area contributed by atoms with Gasteiger partial charge in [0.05, 0.1) is 23.6 Å². The van der Waals surface area contributed by atoms with Crippen molar-refractivity contribution >= 4 is 29.1 Å². The summed E-state index contributed by atoms with van der Waals surface area (Å²) in [5, 5.41) is 11.4. The van der Waals surface area contributed by atoms with E-state index in [9.17, 15) is 29.3 Å². The summed E-state index contributed by atoms with van der Waals surface area (Å²) in [7, 11) is 0. The largest absolute Gasteiger partial charge is 0.462 e. The number of aromatic amines is 1. The maximum absolute atomic E-state index is 13.4. The molecular weight excluding hydrogens is 458 g/mol. The van der Waals surface area contributed by atoms with Crippen molar-refractivity contribution in [3.8, 4) is 0 Å². The smallest absolute Gasteiger partial charge is 0.338 e. The van der Waals surface area contributed by atoms with Crippen molar-refractivity contribution in [1.29, 1.82) is 0 Å². The minimum absolute atomic E-state index is 0.0285. The Bertz CT molecular complexity index is 1400. The average Bonchev–Trinajstić information content (AvgIpc) is 2.84. The van der Waals surface area contributed by atoms with Crippen LogP contribution in [-0.4, -0.2) is 39.5 Å². The Balaban J connectivity index is 2.12. The summed E-state index contributed by atoms with van der Waals surface area (Å²) in [5.41, 5.74) is 4.02. The first kappa shape index (κ1) is 24.9. The number of non-ortho nitro benzene ring substituents is 1. The topological polar surface area (TPSA) is 171 Å². The molecule has 0 atom stereocenters. The first-order valence-corrected chi connectivity index (χ1v) is 10.6. The van der Waals surface area contributed by atoms with Gasteiger partial charge in [0.15, 0.2) is 5.69 Å². The Labute approximate surface area is 198 Å². The first-order valence-electron chi connectivity index (χ1n) is 10.6. The molecule has 1 aromatic heterocycles. The normalized spacial score (nSPS) is 10.6. The van der Waals surface area contributed by atoms with Crippen LogP contribution in [0.4, 0.5) is 17.2 Å². The third-order valence-corrected chi connectivity index (χ3v) is 5.12. The Morgan fingerprint density at radius 2 is 1.77 bits per heavy atom. The summed E-state index contributed by atoms with van der Waals surface area (Å²) in [6.07, 6.45) is 0. The lowest BCUT2D eigenvalue weighted by Crippen LogP contribution is -2.41. The molecule has 0 radical (unpaired) electrons. The highest BCUT2D eigenvalue weighted by atomic mass is 16.6. The number of benzene rings is 2. The number of nitro benzene ring substituents is 1. The highest BCUT2D eigenvalue weighted by molar-refractivity contribution is 6.08. The van der Waals surface area contributed by atoms with E-state index in [-0.39, 0.29) is 42.3 Å². The number of hydrogen-bond acceptors (Lipinski definition) is 8. The maximum Gasteiger partial charge on any atom is 0.338 e. The monoisotopic (exact) mass is 481 g/mol. The van der Waals surface area contributed by atoms with E-state index in [0.717, 1.165) is 33.2 Å². The van der Waals surface area contributed by atoms with E-state index in [1.165, 1.54) is 0 Å². The molecule has 0 unspecified atom stereocenters. The van der Waals surface area contributed by atoms with Gasteiger partial charge in [-0.05, 0) is 25.5 Å². The van der Waals surface area contributed by atoms with Crippen LogP contribution >= 0.6 is 0 Å². The van der Waals surface area contributed by atoms with Gasteiger partial charge in [0, 0.05) is 24.2 Å². The number of nitrogens with two attached hydrogens (primary N) is 1. The van der Waals surface area contributed by atoms with E-state index in [4.69, 9.17) is 10.5 Å². The molecule has 0 saturated carbocycles. The highest BCUT2D eigenvalue weighted by Gasteiger charge is 2.27. The van der Waals surface area contributed by atoms with Crippen LogP contribution in [0.2, 0.25) is 0 Å². The molecule has 0 aliphatic carbocycles. The van der Waals surface area contributed by atoms with Crippen molar-refractivity contribution in [1.82, 2.24) is 9.55 Å². The van der Waals surface area contributed by atoms with Crippen LogP contribution in [0.5, 0.6) is 0 Å². The van der Waals surface area contributed by atoms with Gasteiger partial charge in [-0.15, -0.1) is 0 Å². The van der Waals surface area contributed by atoms with Gasteiger partial charge in [0.25, 0.3) is 17.2 Å². The number of nitro groups is 1. The van der Waals surface area contributed by atoms with Crippen molar-refractivity contribution in [2.45, 2.75) is 20.4 Å². The number of nitrogens with zero attached hydrogens (tertiary/aromatic N) is 3. The van der Waals surface area contributed by atoms with Crippen LogP contribution in [0.3, 0.4) is 0 Å². The van der Waals surface area contributed by atoms with E-state index < -0.39 is 33.7 Å². The lowest BCUT2D eigenvalue weighted by molar-refractivity contribution is -0.384. The second-order valence-electron chi connectivity index (χ2n) is 7.36. The molecule has 0 saturated heterocycles. The predicted octanol–water partition coefficient (Wildman–Crippen LogP) is 1.92. The van der Waals surface area contributed by atoms with Crippen molar-refractivity contribution < 1.29 is 19.2 Å². The number of esters is 1. The van der Waals surface area contributed by atoms with Crippen molar-refractivity contribution in [3.63, 3.8) is 0 Å². The predicted molar refractivity (Wildman–Crippen MR) is 128 cm³/mol. The summed E-state index contributed by atoms with van der Waals surface area (Å²) >= 11 is 0. The molecule has 3 rings (SSSR count). The molecule has 182 valence electrons. The van der Waals surface area contributed by atoms with Gasteiger partial charge in [-0.25, -0.2) is 9.59 Å². The average molecular weight is 481 g/mol. The summed E-state index contributed by atoms with van der Waals surface area (Å²) in [6.45, 7) is 3.13. The molecule has 35 heavy (non-hydrogen) atoms. The number of amides is 1. The molecule has 0 spiro atoms. The van der Waals surface area contributed by atoms with E-state index >= 15 is 0 Å². The lowest BCUT2D eigenvalue weighted by Gasteiger charge is -2.23. The Kier molecular flexibility index (Phi) is 7.44. The van der Waals surface area contributed by atoms with Gasteiger partial charge in [0.1, 0.15) is 5.82 Å². The number of H-pyrrole nitrogens is 1. The Hall–Kier alpha value is -4.74. The second-order valence-corrected chi connectivity index (χ2v) is 7.36. The molecule has 0 bridgehead atoms. The van der Waals surface area contributed by atoms with Gasteiger partial charge in [0.2, 0.25) is 0 Å². The van der Waals surface area contributed by atoms with E-state index in [2.05, 4.69) is 4.98 Å². The van der Waals surface area contributed by atoms with Gasteiger partial charge in [-0.1, -0.05) is 30.3 Å². The van der Waals surface area contributed by atoms with Gasteiger partial charge in [-0.2, -0.15) is 0 Å². The summed E-state index contributed by atoms with van der Waals surface area (Å²) in [6, 6.07) is 12.0. The SMILES string of the molecule is CCOC(=O)c1cc(C(=O)N(CC)c2c(N)n(Cc3ccccc3)c(=O)[nH]c2=O)cc([N+](=O)[O-])c1. The molecule has 3 N–H and O–H groups in total. The van der Waals surface area contributed by atoms with Crippen molar-refractivity contribution in [3.05, 3.63) is 96.2 Å². The zero-order valence-electron chi connectivity index (χ0n) is 19.0. The molecule has 2 aromatic carbocycles. The molecule has 0 aliphatic rings. The lowest BCUT2D eigenvalue weighted by atomic mass is 10.1. The minimum atomic E-state index is -0.900. The van der Waals surface area contributed by atoms with Gasteiger partial charge in [-0.3, -0.25) is 29.3 Å². The van der Waals surface area contributed by atoms with Crippen molar-refractivity contribution in [2.75, 3.05) is 23.8 Å². The number of nitrogens with one attached hydrogen (secondary N) is 1. The molecule has 0 fully saturated rings. The fourth-order valence-corrected chi connectivity index (χ4v) is 3.49. The Morgan fingerprint density at radius 1 is 1.11 bits per heavy atom. The van der Waals surface area contributed by atoms with Crippen LogP contribution < -0.4 is 21.9 Å². The zero-order valence-corrected chi connectivity index (χ0v) is 19.0. The van der Waals surface area contributed by atoms with E-state index in [1.807, 2.05) is 0 Å². The number of ether oxygens (including phenoxy) is 1. The van der Waals surface area contributed by atoms with Gasteiger partial charge >= 0.3 is 11.7 Å². The number of carbonyl (C=O) groups is 2. The van der Waals surface area contributed by atoms with E-state index in [0.29, 0.717) is 0 Å². The van der Waals surface area contributed by atoms with E-state index in [1.54, 1.807) is 44.2 Å². The number of rotatable bonds is 8. The number of aromatic nitrogens is 2. The Morgan fingerprint density at radius 3 is 2.37 bits per heavy atom. The summed E-state index contributed by atoms with van der Waals surface area (Å²) < 4.78 is 6.00. The third kappa shape index (κ3) is 5.27. The fraction of sp³-hybridized carbons (Fsp3) is 0.217. The summed E-state index contributed by atoms with van der Waals surface area (Å²) in [5.74, 6) is -1.93. The highest BCUT2D eigenvalue weighted by Crippen LogP contribution is 2.24. The minimum Gasteiger partial charge on any atom is -0.462 e. The third-order valence-electron chi connectivity index (χ3n) is 5.12. The second kappa shape index (κ2) is 10.5. The maximum atomic E-state index is 13.4. The van der Waals surface area contributed by atoms with Crippen LogP contribution in [0.15, 0.2) is 58.1 Å². The molecule has 0 aliphatic heterocycles.